The van der Waals surface area contributed by atoms with Crippen LogP contribution in [-0.4, -0.2) is 23.8 Å². The van der Waals surface area contributed by atoms with Gasteiger partial charge in [-0.05, 0) is 43.6 Å². The van der Waals surface area contributed by atoms with Gasteiger partial charge in [0, 0.05) is 23.2 Å². The van der Waals surface area contributed by atoms with Crippen LogP contribution in [0.2, 0.25) is 0 Å². The molecule has 0 radical (unpaired) electrons. The number of carbonyl (C=O) groups is 2. The van der Waals surface area contributed by atoms with Crippen LogP contribution in [0, 0.1) is 11.8 Å². The van der Waals surface area contributed by atoms with Crippen LogP contribution in [0.4, 0.5) is 0 Å². The molecule has 4 rings (SSSR count). The van der Waals surface area contributed by atoms with E-state index < -0.39 is 0 Å². The second-order valence-corrected chi connectivity index (χ2v) is 7.92. The highest BCUT2D eigenvalue weighted by molar-refractivity contribution is 6.15. The van der Waals surface area contributed by atoms with Crippen LogP contribution in [-0.2, 0) is 0 Å². The molecule has 2 aromatic rings. The number of amides is 1. The molecule has 0 heterocycles. The van der Waals surface area contributed by atoms with Gasteiger partial charge in [-0.1, -0.05) is 55.0 Å². The number of hydrogen-bond acceptors (Lipinski definition) is 3. The molecule has 2 saturated carbocycles. The summed E-state index contributed by atoms with van der Waals surface area (Å²) in [7, 11) is 0. The lowest BCUT2D eigenvalue weighted by Gasteiger charge is -2.45. The molecule has 2 atom stereocenters. The second-order valence-electron chi connectivity index (χ2n) is 7.92. The van der Waals surface area contributed by atoms with E-state index in [1.807, 2.05) is 24.3 Å². The summed E-state index contributed by atoms with van der Waals surface area (Å²) < 4.78 is 0. The molecule has 2 aromatic carbocycles. The molecule has 0 aliphatic heterocycles. The van der Waals surface area contributed by atoms with Gasteiger partial charge < -0.3 is 11.1 Å². The first kappa shape index (κ1) is 17.9. The summed E-state index contributed by atoms with van der Waals surface area (Å²) in [5, 5.41) is 3.26. The topological polar surface area (TPSA) is 72.2 Å². The van der Waals surface area contributed by atoms with Gasteiger partial charge in [0.2, 0.25) is 0 Å². The third-order valence-corrected chi connectivity index (χ3v) is 6.13. The Balaban J connectivity index is 1.57. The molecule has 2 fully saturated rings. The van der Waals surface area contributed by atoms with Gasteiger partial charge in [0.1, 0.15) is 0 Å². The minimum absolute atomic E-state index is 0.118. The maximum atomic E-state index is 13.1. The molecule has 0 aromatic heterocycles. The van der Waals surface area contributed by atoms with E-state index in [4.69, 9.17) is 5.73 Å². The Morgan fingerprint density at radius 2 is 1.44 bits per heavy atom. The van der Waals surface area contributed by atoms with Gasteiger partial charge in [-0.15, -0.1) is 0 Å². The van der Waals surface area contributed by atoms with Crippen molar-refractivity contribution in [1.29, 1.82) is 0 Å². The van der Waals surface area contributed by atoms with Crippen LogP contribution in [0.5, 0.6) is 0 Å². The van der Waals surface area contributed by atoms with Gasteiger partial charge in [0.05, 0.1) is 5.56 Å². The van der Waals surface area contributed by atoms with Crippen molar-refractivity contribution in [2.24, 2.45) is 17.6 Å². The minimum atomic E-state index is -0.146. The van der Waals surface area contributed by atoms with Crippen molar-refractivity contribution in [3.8, 4) is 0 Å². The minimum Gasteiger partial charge on any atom is -0.349 e. The van der Waals surface area contributed by atoms with Crippen LogP contribution in [0.15, 0.2) is 54.6 Å². The van der Waals surface area contributed by atoms with E-state index in [0.29, 0.717) is 28.5 Å². The van der Waals surface area contributed by atoms with Crippen LogP contribution in [0.3, 0.4) is 0 Å². The Hall–Kier alpha value is -2.46. The zero-order valence-electron chi connectivity index (χ0n) is 15.4. The van der Waals surface area contributed by atoms with Crippen molar-refractivity contribution in [2.75, 3.05) is 0 Å². The monoisotopic (exact) mass is 362 g/mol. The fraction of sp³-hybridized carbons (Fsp3) is 0.391. The predicted molar refractivity (Wildman–Crippen MR) is 106 cm³/mol. The molecule has 3 N–H and O–H groups in total. The third kappa shape index (κ3) is 3.67. The summed E-state index contributed by atoms with van der Waals surface area (Å²) in [4.78, 5) is 26.0. The van der Waals surface area contributed by atoms with Crippen LogP contribution in [0.1, 0.15) is 58.4 Å². The van der Waals surface area contributed by atoms with Crippen molar-refractivity contribution in [2.45, 2.75) is 44.2 Å². The van der Waals surface area contributed by atoms with Crippen molar-refractivity contribution < 1.29 is 9.59 Å². The molecule has 2 aliphatic carbocycles. The van der Waals surface area contributed by atoms with E-state index in [2.05, 4.69) is 5.32 Å². The Bertz CT molecular complexity index is 819. The zero-order valence-corrected chi connectivity index (χ0v) is 15.4. The highest BCUT2D eigenvalue weighted by Gasteiger charge is 2.40. The smallest absolute Gasteiger partial charge is 0.252 e. The zero-order chi connectivity index (χ0) is 18.8. The average molecular weight is 362 g/mol. The molecule has 2 unspecified atom stereocenters. The number of ketones is 1. The largest absolute Gasteiger partial charge is 0.349 e. The number of rotatable bonds is 4. The SMILES string of the molecule is NC1CC2CCCC(C1)C2NC(=O)c1ccccc1C(=O)c1ccccc1. The summed E-state index contributed by atoms with van der Waals surface area (Å²) in [5.74, 6) is 0.640. The highest BCUT2D eigenvalue weighted by Crippen LogP contribution is 2.39. The van der Waals surface area contributed by atoms with Gasteiger partial charge in [0.25, 0.3) is 5.91 Å². The van der Waals surface area contributed by atoms with Crippen molar-refractivity contribution in [1.82, 2.24) is 5.32 Å². The molecular weight excluding hydrogens is 336 g/mol. The summed E-state index contributed by atoms with van der Waals surface area (Å²) in [6.45, 7) is 0. The number of carbonyl (C=O) groups excluding carboxylic acids is 2. The molecular formula is C23H26N2O2. The maximum Gasteiger partial charge on any atom is 0.252 e. The normalized spacial score (nSPS) is 27.0. The van der Waals surface area contributed by atoms with E-state index in [9.17, 15) is 9.59 Å². The lowest BCUT2D eigenvalue weighted by atomic mass is 9.67. The van der Waals surface area contributed by atoms with Gasteiger partial charge in [-0.3, -0.25) is 9.59 Å². The third-order valence-electron chi connectivity index (χ3n) is 6.13. The second kappa shape index (κ2) is 7.65. The van der Waals surface area contributed by atoms with E-state index >= 15 is 0 Å². The van der Waals surface area contributed by atoms with E-state index in [1.54, 1.807) is 30.3 Å². The molecule has 0 saturated heterocycles. The van der Waals surface area contributed by atoms with Gasteiger partial charge >= 0.3 is 0 Å². The predicted octanol–water partition coefficient (Wildman–Crippen LogP) is 3.55. The number of benzene rings is 2. The van der Waals surface area contributed by atoms with E-state index in [1.165, 1.54) is 6.42 Å². The lowest BCUT2D eigenvalue weighted by molar-refractivity contribution is 0.0753. The molecule has 0 spiro atoms. The van der Waals surface area contributed by atoms with Crippen molar-refractivity contribution in [3.05, 3.63) is 71.3 Å². The van der Waals surface area contributed by atoms with E-state index in [-0.39, 0.29) is 23.8 Å². The first-order valence-corrected chi connectivity index (χ1v) is 9.88. The first-order valence-electron chi connectivity index (χ1n) is 9.88. The highest BCUT2D eigenvalue weighted by atomic mass is 16.2. The molecule has 140 valence electrons. The number of nitrogens with one attached hydrogen (secondary N) is 1. The number of nitrogens with two attached hydrogens (primary N) is 1. The molecule has 27 heavy (non-hydrogen) atoms. The first-order chi connectivity index (χ1) is 13.1. The van der Waals surface area contributed by atoms with E-state index in [0.717, 1.165) is 25.7 Å². The van der Waals surface area contributed by atoms with Crippen molar-refractivity contribution in [3.63, 3.8) is 0 Å². The van der Waals surface area contributed by atoms with Crippen molar-refractivity contribution >= 4 is 11.7 Å². The molecule has 4 heteroatoms. The molecule has 2 bridgehead atoms. The lowest BCUT2D eigenvalue weighted by Crippen LogP contribution is -2.53. The maximum absolute atomic E-state index is 13.1. The fourth-order valence-electron chi connectivity index (χ4n) is 4.88. The standard InChI is InChI=1S/C23H26N2O2/c24-18-13-16-9-6-10-17(14-18)21(16)25-23(27)20-12-5-4-11-19(20)22(26)15-7-2-1-3-8-15/h1-5,7-8,11-12,16-18,21H,6,9-10,13-14,24H2,(H,25,27). The molecule has 4 nitrogen and oxygen atoms in total. The van der Waals surface area contributed by atoms with Crippen LogP contribution < -0.4 is 11.1 Å². The van der Waals surface area contributed by atoms with Crippen LogP contribution >= 0.6 is 0 Å². The molecule has 2 aliphatic rings. The average Bonchev–Trinajstić information content (AvgIpc) is 2.69. The number of hydrogen-bond donors (Lipinski definition) is 2. The van der Waals surface area contributed by atoms with Gasteiger partial charge in [-0.25, -0.2) is 0 Å². The van der Waals surface area contributed by atoms with Crippen LogP contribution in [0.25, 0.3) is 0 Å². The summed E-state index contributed by atoms with van der Waals surface area (Å²) in [6.07, 6.45) is 5.43. The molecule has 1 amide bonds. The Morgan fingerprint density at radius 1 is 0.852 bits per heavy atom. The summed E-state index contributed by atoms with van der Waals surface area (Å²) >= 11 is 0. The number of fused-ring (bicyclic) bond motifs is 2. The fourth-order valence-corrected chi connectivity index (χ4v) is 4.88. The Kier molecular flexibility index (Phi) is 5.08. The Morgan fingerprint density at radius 3 is 2.11 bits per heavy atom. The van der Waals surface area contributed by atoms with Gasteiger partial charge in [-0.2, -0.15) is 0 Å². The summed E-state index contributed by atoms with van der Waals surface area (Å²) in [5.41, 5.74) is 7.71. The Labute approximate surface area is 160 Å². The van der Waals surface area contributed by atoms with Gasteiger partial charge in [0.15, 0.2) is 5.78 Å². The summed E-state index contributed by atoms with van der Waals surface area (Å²) in [6, 6.07) is 16.6. The quantitative estimate of drug-likeness (QED) is 0.817.